The van der Waals surface area contributed by atoms with Crippen LogP contribution in [0, 0.1) is 0 Å². The van der Waals surface area contributed by atoms with Gasteiger partial charge in [-0.2, -0.15) is 0 Å². The molecule has 170 valence electrons. The van der Waals surface area contributed by atoms with Gasteiger partial charge < -0.3 is 4.74 Å². The number of sulfone groups is 1. The normalized spacial score (nSPS) is 12.5. The van der Waals surface area contributed by atoms with Gasteiger partial charge in [0.2, 0.25) is 0 Å². The number of hydrogen-bond acceptors (Lipinski definition) is 6. The second-order valence-electron chi connectivity index (χ2n) is 7.83. The molecule has 9 heteroatoms. The molecule has 1 aromatic heterocycles. The van der Waals surface area contributed by atoms with Gasteiger partial charge in [0.1, 0.15) is 21.4 Å². The first-order chi connectivity index (χ1) is 15.2. The largest absolute Gasteiger partial charge is 0.497 e. The number of aryl methyl sites for hydroxylation is 1. The number of aromatic nitrogens is 3. The first kappa shape index (κ1) is 23.9. The standard InChI is InChI=1S/C23H26ClN3O4S/c1-31-22-9-5-17(6-10-22)13-19(15-21(28)14-18-3-7-20(24)8-4-18)23-16-27(26-25-23)11-12-32(2,29)30/h3-10,16,19H,11-15H2,1-2H3/t19-/m1/s1. The summed E-state index contributed by atoms with van der Waals surface area (Å²) in [6, 6.07) is 14.9. The van der Waals surface area contributed by atoms with E-state index in [4.69, 9.17) is 16.3 Å². The number of rotatable bonds is 11. The second-order valence-corrected chi connectivity index (χ2v) is 10.5. The van der Waals surface area contributed by atoms with E-state index in [1.807, 2.05) is 36.4 Å². The zero-order valence-electron chi connectivity index (χ0n) is 18.1. The first-order valence-electron chi connectivity index (χ1n) is 10.2. The maximum Gasteiger partial charge on any atom is 0.149 e. The lowest BCUT2D eigenvalue weighted by atomic mass is 9.90. The summed E-state index contributed by atoms with van der Waals surface area (Å²) >= 11 is 5.93. The molecule has 0 spiro atoms. The fourth-order valence-electron chi connectivity index (χ4n) is 3.37. The Morgan fingerprint density at radius 1 is 1.09 bits per heavy atom. The van der Waals surface area contributed by atoms with Gasteiger partial charge in [-0.25, -0.2) is 8.42 Å². The molecule has 0 saturated carbocycles. The fourth-order valence-corrected chi connectivity index (χ4v) is 4.02. The van der Waals surface area contributed by atoms with Crippen LogP contribution in [0.2, 0.25) is 5.02 Å². The molecule has 32 heavy (non-hydrogen) atoms. The minimum absolute atomic E-state index is 0.0194. The van der Waals surface area contributed by atoms with Gasteiger partial charge in [0.15, 0.2) is 0 Å². The summed E-state index contributed by atoms with van der Waals surface area (Å²) in [5.41, 5.74) is 2.61. The van der Waals surface area contributed by atoms with Gasteiger partial charge in [-0.05, 0) is 41.8 Å². The number of carbonyl (C=O) groups excluding carboxylic acids is 1. The molecular formula is C23H26ClN3O4S. The molecule has 0 fully saturated rings. The monoisotopic (exact) mass is 475 g/mol. The van der Waals surface area contributed by atoms with Crippen molar-refractivity contribution in [2.45, 2.75) is 31.7 Å². The van der Waals surface area contributed by atoms with Gasteiger partial charge in [-0.1, -0.05) is 41.1 Å². The molecule has 1 atom stereocenters. The zero-order valence-corrected chi connectivity index (χ0v) is 19.6. The summed E-state index contributed by atoms with van der Waals surface area (Å²) in [5.74, 6) is 0.636. The number of hydrogen-bond donors (Lipinski definition) is 0. The summed E-state index contributed by atoms with van der Waals surface area (Å²) in [6.45, 7) is 0.222. The highest BCUT2D eigenvalue weighted by molar-refractivity contribution is 7.90. The van der Waals surface area contributed by atoms with Gasteiger partial charge in [0.05, 0.1) is 25.1 Å². The fraction of sp³-hybridized carbons (Fsp3) is 0.348. The predicted octanol–water partition coefficient (Wildman–Crippen LogP) is 3.51. The van der Waals surface area contributed by atoms with Gasteiger partial charge in [-0.15, -0.1) is 5.10 Å². The highest BCUT2D eigenvalue weighted by Crippen LogP contribution is 2.25. The Hall–Kier alpha value is -2.71. The van der Waals surface area contributed by atoms with Crippen molar-refractivity contribution < 1.29 is 17.9 Å². The van der Waals surface area contributed by atoms with Crippen LogP contribution < -0.4 is 4.74 Å². The van der Waals surface area contributed by atoms with Crippen molar-refractivity contribution in [1.29, 1.82) is 0 Å². The topological polar surface area (TPSA) is 91.2 Å². The van der Waals surface area contributed by atoms with Crippen LogP contribution in [0.5, 0.6) is 5.75 Å². The molecule has 0 bridgehead atoms. The van der Waals surface area contributed by atoms with Gasteiger partial charge in [0.25, 0.3) is 0 Å². The van der Waals surface area contributed by atoms with E-state index in [0.29, 0.717) is 30.0 Å². The highest BCUT2D eigenvalue weighted by Gasteiger charge is 2.21. The maximum absolute atomic E-state index is 12.8. The van der Waals surface area contributed by atoms with Crippen LogP contribution in [0.3, 0.4) is 0 Å². The van der Waals surface area contributed by atoms with Crippen molar-refractivity contribution in [3.63, 3.8) is 0 Å². The highest BCUT2D eigenvalue weighted by atomic mass is 35.5. The summed E-state index contributed by atoms with van der Waals surface area (Å²) in [4.78, 5) is 12.8. The Bertz CT molecular complexity index is 1140. The van der Waals surface area contributed by atoms with E-state index < -0.39 is 9.84 Å². The van der Waals surface area contributed by atoms with Crippen molar-refractivity contribution in [2.24, 2.45) is 0 Å². The van der Waals surface area contributed by atoms with Crippen LogP contribution in [-0.2, 0) is 34.0 Å². The Balaban J connectivity index is 1.76. The number of methoxy groups -OCH3 is 1. The predicted molar refractivity (Wildman–Crippen MR) is 124 cm³/mol. The molecule has 1 heterocycles. The Kier molecular flexibility index (Phi) is 8.04. The molecule has 0 saturated heterocycles. The van der Waals surface area contributed by atoms with Crippen LogP contribution in [0.4, 0.5) is 0 Å². The molecule has 2 aromatic carbocycles. The number of ether oxygens (including phenoxy) is 1. The van der Waals surface area contributed by atoms with Crippen LogP contribution in [0.25, 0.3) is 0 Å². The Morgan fingerprint density at radius 3 is 2.38 bits per heavy atom. The third-order valence-electron chi connectivity index (χ3n) is 5.10. The number of carbonyl (C=O) groups is 1. The quantitative estimate of drug-likeness (QED) is 0.421. The second kappa shape index (κ2) is 10.7. The van der Waals surface area contributed by atoms with E-state index >= 15 is 0 Å². The SMILES string of the molecule is COc1ccc(C[C@H](CC(=O)Cc2ccc(Cl)cc2)c2cn(CCS(C)(=O)=O)nn2)cc1. The molecule has 0 unspecified atom stereocenters. The van der Waals surface area contributed by atoms with E-state index in [1.54, 1.807) is 25.4 Å². The Labute approximate surface area is 193 Å². The third kappa shape index (κ3) is 7.46. The number of ketones is 1. The Morgan fingerprint density at radius 2 is 1.75 bits per heavy atom. The number of halogens is 1. The van der Waals surface area contributed by atoms with Crippen molar-refractivity contribution in [2.75, 3.05) is 19.1 Å². The van der Waals surface area contributed by atoms with Crippen LogP contribution in [0.15, 0.2) is 54.7 Å². The maximum atomic E-state index is 12.8. The molecule has 0 aliphatic heterocycles. The van der Waals surface area contributed by atoms with Crippen LogP contribution in [0.1, 0.15) is 29.2 Å². The summed E-state index contributed by atoms with van der Waals surface area (Å²) in [6.07, 6.45) is 4.11. The van der Waals surface area contributed by atoms with Crippen molar-refractivity contribution in [1.82, 2.24) is 15.0 Å². The van der Waals surface area contributed by atoms with Crippen molar-refractivity contribution in [3.8, 4) is 5.75 Å². The van der Waals surface area contributed by atoms with Gasteiger partial charge >= 0.3 is 0 Å². The van der Waals surface area contributed by atoms with E-state index in [9.17, 15) is 13.2 Å². The van der Waals surface area contributed by atoms with E-state index in [0.717, 1.165) is 16.9 Å². The van der Waals surface area contributed by atoms with E-state index in [2.05, 4.69) is 10.3 Å². The number of nitrogens with zero attached hydrogens (tertiary/aromatic N) is 3. The van der Waals surface area contributed by atoms with Crippen LogP contribution in [-0.4, -0.2) is 48.3 Å². The molecule has 3 aromatic rings. The van der Waals surface area contributed by atoms with E-state index in [1.165, 1.54) is 10.9 Å². The van der Waals surface area contributed by atoms with Crippen LogP contribution >= 0.6 is 11.6 Å². The first-order valence-corrected chi connectivity index (χ1v) is 12.6. The lowest BCUT2D eigenvalue weighted by Crippen LogP contribution is -2.13. The lowest BCUT2D eigenvalue weighted by Gasteiger charge is -2.14. The number of benzene rings is 2. The molecular weight excluding hydrogens is 450 g/mol. The molecule has 0 amide bonds. The molecule has 0 aliphatic rings. The van der Waals surface area contributed by atoms with E-state index in [-0.39, 0.29) is 24.0 Å². The summed E-state index contributed by atoms with van der Waals surface area (Å²) < 4.78 is 29.6. The van der Waals surface area contributed by atoms with Crippen molar-refractivity contribution >= 4 is 27.2 Å². The van der Waals surface area contributed by atoms with Gasteiger partial charge in [0, 0.05) is 36.2 Å². The molecule has 0 radical (unpaired) electrons. The molecule has 0 N–H and O–H groups in total. The average Bonchev–Trinajstić information content (AvgIpc) is 3.23. The minimum atomic E-state index is -3.11. The molecule has 0 aliphatic carbocycles. The molecule has 3 rings (SSSR count). The molecule has 7 nitrogen and oxygen atoms in total. The summed E-state index contributed by atoms with van der Waals surface area (Å²) in [7, 11) is -1.50. The lowest BCUT2D eigenvalue weighted by molar-refractivity contribution is -0.118. The zero-order chi connectivity index (χ0) is 23.1. The average molecular weight is 476 g/mol. The van der Waals surface area contributed by atoms with Gasteiger partial charge in [-0.3, -0.25) is 9.48 Å². The van der Waals surface area contributed by atoms with Crippen molar-refractivity contribution in [3.05, 3.63) is 76.6 Å². The summed E-state index contributed by atoms with van der Waals surface area (Å²) in [5, 5.41) is 8.94. The smallest absolute Gasteiger partial charge is 0.149 e. The number of Topliss-reactive ketones (excluding diaryl/α,β-unsaturated/α-hetero) is 1. The third-order valence-corrected chi connectivity index (χ3v) is 6.27. The minimum Gasteiger partial charge on any atom is -0.497 e.